The van der Waals surface area contributed by atoms with E-state index in [0.29, 0.717) is 18.2 Å². The molecule has 1 aliphatic rings. The zero-order valence-electron chi connectivity index (χ0n) is 13.9. The van der Waals surface area contributed by atoms with Crippen molar-refractivity contribution >= 4 is 33.2 Å². The van der Waals surface area contributed by atoms with Gasteiger partial charge >= 0.3 is 0 Å². The van der Waals surface area contributed by atoms with Crippen molar-refractivity contribution in [3.63, 3.8) is 0 Å². The molecule has 0 atom stereocenters. The monoisotopic (exact) mass is 432 g/mol. The lowest BCUT2D eigenvalue weighted by Gasteiger charge is -2.05. The van der Waals surface area contributed by atoms with E-state index in [1.54, 1.807) is 23.5 Å². The Labute approximate surface area is 163 Å². The lowest BCUT2D eigenvalue weighted by molar-refractivity contribution is 0.0918. The van der Waals surface area contributed by atoms with Crippen molar-refractivity contribution < 1.29 is 13.9 Å². The zero-order chi connectivity index (χ0) is 17.9. The Hall–Kier alpha value is -2.12. The molecule has 2 aromatic heterocycles. The van der Waals surface area contributed by atoms with Crippen LogP contribution in [-0.4, -0.2) is 10.9 Å². The first-order valence-electron chi connectivity index (χ1n) is 8.37. The summed E-state index contributed by atoms with van der Waals surface area (Å²) in [5, 5.41) is 6.03. The maximum Gasteiger partial charge on any atom is 0.287 e. The number of benzene rings is 1. The number of aromatic nitrogens is 1. The number of carbonyl (C=O) groups is 1. The Morgan fingerprint density at radius 3 is 2.96 bits per heavy atom. The van der Waals surface area contributed by atoms with Crippen molar-refractivity contribution in [2.75, 3.05) is 0 Å². The van der Waals surface area contributed by atoms with Gasteiger partial charge < -0.3 is 14.5 Å². The number of hydrogen-bond acceptors (Lipinski definition) is 5. The lowest BCUT2D eigenvalue weighted by Crippen LogP contribution is -2.22. The Morgan fingerprint density at radius 2 is 2.15 bits per heavy atom. The van der Waals surface area contributed by atoms with E-state index < -0.39 is 0 Å². The van der Waals surface area contributed by atoms with Gasteiger partial charge in [-0.25, -0.2) is 4.98 Å². The van der Waals surface area contributed by atoms with Gasteiger partial charge in [-0.2, -0.15) is 0 Å². The number of hydrogen-bond donors (Lipinski definition) is 1. The van der Waals surface area contributed by atoms with Gasteiger partial charge in [-0.1, -0.05) is 12.1 Å². The van der Waals surface area contributed by atoms with Crippen LogP contribution in [0.5, 0.6) is 5.75 Å². The molecule has 0 unspecified atom stereocenters. The Bertz CT molecular complexity index is 917. The van der Waals surface area contributed by atoms with Crippen LogP contribution in [0.3, 0.4) is 0 Å². The van der Waals surface area contributed by atoms with Gasteiger partial charge in [0.25, 0.3) is 5.91 Å². The highest BCUT2D eigenvalue weighted by atomic mass is 79.9. The van der Waals surface area contributed by atoms with Gasteiger partial charge in [-0.3, -0.25) is 4.79 Å². The quantitative estimate of drug-likeness (QED) is 0.577. The number of amides is 1. The Kier molecular flexibility index (Phi) is 5.08. The van der Waals surface area contributed by atoms with Crippen LogP contribution in [0.1, 0.15) is 45.8 Å². The van der Waals surface area contributed by atoms with Gasteiger partial charge in [0.1, 0.15) is 18.1 Å². The number of nitrogens with zero attached hydrogens (tertiary/aromatic N) is 1. The molecule has 0 bridgehead atoms. The largest absolute Gasteiger partial charge is 0.484 e. The number of carbonyl (C=O) groups excluding carboxylic acids is 1. The summed E-state index contributed by atoms with van der Waals surface area (Å²) in [5.41, 5.74) is 0.897. The zero-order valence-corrected chi connectivity index (χ0v) is 16.3. The van der Waals surface area contributed by atoms with Crippen LogP contribution in [0.15, 0.2) is 50.7 Å². The number of ether oxygens (including phenoxy) is 1. The SMILES string of the molecule is O=C(NCc1csc(C2CC2)n1)c1ccc(COc2ccccc2Br)o1. The maximum atomic E-state index is 12.2. The average molecular weight is 433 g/mol. The van der Waals surface area contributed by atoms with Crippen LogP contribution in [0.4, 0.5) is 0 Å². The fourth-order valence-corrected chi connectivity index (χ4v) is 3.86. The molecule has 1 saturated carbocycles. The van der Waals surface area contributed by atoms with Crippen LogP contribution in [0.25, 0.3) is 0 Å². The van der Waals surface area contributed by atoms with E-state index in [2.05, 4.69) is 26.2 Å². The molecule has 0 saturated heterocycles. The fraction of sp³-hybridized carbons (Fsp3) is 0.263. The standard InChI is InChI=1S/C19H17BrN2O3S/c20-15-3-1-2-4-16(15)24-10-14-7-8-17(25-14)18(23)21-9-13-11-26-19(22-13)12-5-6-12/h1-4,7-8,11-12H,5-6,9-10H2,(H,21,23). The van der Waals surface area contributed by atoms with Crippen molar-refractivity contribution in [3.8, 4) is 5.75 Å². The first kappa shape index (κ1) is 17.3. The molecular weight excluding hydrogens is 416 g/mol. The molecule has 134 valence electrons. The first-order valence-corrected chi connectivity index (χ1v) is 10.0. The van der Waals surface area contributed by atoms with E-state index in [1.165, 1.54) is 17.8 Å². The number of para-hydroxylation sites is 1. The summed E-state index contributed by atoms with van der Waals surface area (Å²) < 4.78 is 12.1. The predicted octanol–water partition coefficient (Wildman–Crippen LogP) is 4.89. The topological polar surface area (TPSA) is 64.4 Å². The summed E-state index contributed by atoms with van der Waals surface area (Å²) in [4.78, 5) is 16.8. The molecule has 26 heavy (non-hydrogen) atoms. The van der Waals surface area contributed by atoms with E-state index in [9.17, 15) is 4.79 Å². The van der Waals surface area contributed by atoms with E-state index in [-0.39, 0.29) is 18.3 Å². The molecule has 7 heteroatoms. The van der Waals surface area contributed by atoms with Gasteiger partial charge in [0.15, 0.2) is 5.76 Å². The number of nitrogens with one attached hydrogen (secondary N) is 1. The summed E-state index contributed by atoms with van der Waals surface area (Å²) in [7, 11) is 0. The average Bonchev–Trinajstić information content (AvgIpc) is 3.20. The van der Waals surface area contributed by atoms with Gasteiger partial charge in [0.05, 0.1) is 21.7 Å². The van der Waals surface area contributed by atoms with Crippen molar-refractivity contribution in [1.29, 1.82) is 0 Å². The van der Waals surface area contributed by atoms with Crippen LogP contribution in [0.2, 0.25) is 0 Å². The second-order valence-corrected chi connectivity index (χ2v) is 7.86. The first-order chi connectivity index (χ1) is 12.7. The molecule has 0 spiro atoms. The molecule has 4 rings (SSSR count). The third kappa shape index (κ3) is 4.16. The fourth-order valence-electron chi connectivity index (χ4n) is 2.47. The summed E-state index contributed by atoms with van der Waals surface area (Å²) >= 11 is 5.10. The van der Waals surface area contributed by atoms with E-state index in [1.807, 2.05) is 29.6 Å². The van der Waals surface area contributed by atoms with Crippen molar-refractivity contribution in [1.82, 2.24) is 10.3 Å². The number of rotatable bonds is 7. The molecule has 1 fully saturated rings. The van der Waals surface area contributed by atoms with Crippen molar-refractivity contribution in [2.45, 2.75) is 31.9 Å². The molecule has 1 aromatic carbocycles. The Morgan fingerprint density at radius 1 is 1.31 bits per heavy atom. The van der Waals surface area contributed by atoms with Gasteiger partial charge in [0.2, 0.25) is 0 Å². The highest BCUT2D eigenvalue weighted by Crippen LogP contribution is 2.41. The molecular formula is C19H17BrN2O3S. The third-order valence-corrected chi connectivity index (χ3v) is 5.73. The smallest absolute Gasteiger partial charge is 0.287 e. The Balaban J connectivity index is 1.30. The van der Waals surface area contributed by atoms with Crippen molar-refractivity contribution in [2.24, 2.45) is 0 Å². The van der Waals surface area contributed by atoms with Gasteiger partial charge in [0, 0.05) is 11.3 Å². The van der Waals surface area contributed by atoms with Gasteiger partial charge in [-0.05, 0) is 53.0 Å². The lowest BCUT2D eigenvalue weighted by atomic mass is 10.3. The summed E-state index contributed by atoms with van der Waals surface area (Å²) in [6.07, 6.45) is 2.46. The minimum absolute atomic E-state index is 0.252. The van der Waals surface area contributed by atoms with Crippen LogP contribution < -0.4 is 10.1 Å². The molecule has 3 aromatic rings. The molecule has 0 radical (unpaired) electrons. The van der Waals surface area contributed by atoms with E-state index in [4.69, 9.17) is 9.15 Å². The minimum Gasteiger partial charge on any atom is -0.484 e. The minimum atomic E-state index is -0.252. The summed E-state index contributed by atoms with van der Waals surface area (Å²) in [6.45, 7) is 0.665. The normalized spacial score (nSPS) is 13.6. The second kappa shape index (κ2) is 7.63. The molecule has 1 aliphatic carbocycles. The van der Waals surface area contributed by atoms with Crippen LogP contribution >= 0.6 is 27.3 Å². The van der Waals surface area contributed by atoms with Crippen molar-refractivity contribution in [3.05, 3.63) is 68.5 Å². The molecule has 5 nitrogen and oxygen atoms in total. The van der Waals surface area contributed by atoms with Crippen LogP contribution in [-0.2, 0) is 13.2 Å². The predicted molar refractivity (Wildman–Crippen MR) is 102 cm³/mol. The summed E-state index contributed by atoms with van der Waals surface area (Å²) in [5.74, 6) is 1.98. The van der Waals surface area contributed by atoms with Gasteiger partial charge in [-0.15, -0.1) is 11.3 Å². The number of thiazole rings is 1. The number of halogens is 1. The van der Waals surface area contributed by atoms with E-state index >= 15 is 0 Å². The molecule has 0 aliphatic heterocycles. The summed E-state index contributed by atoms with van der Waals surface area (Å²) in [6, 6.07) is 11.0. The maximum absolute atomic E-state index is 12.2. The highest BCUT2D eigenvalue weighted by Gasteiger charge is 2.26. The molecule has 1 N–H and O–H groups in total. The highest BCUT2D eigenvalue weighted by molar-refractivity contribution is 9.10. The second-order valence-electron chi connectivity index (χ2n) is 6.12. The molecule has 1 amide bonds. The third-order valence-electron chi connectivity index (χ3n) is 4.02. The van der Waals surface area contributed by atoms with E-state index in [0.717, 1.165) is 15.9 Å². The molecule has 2 heterocycles. The number of furan rings is 1. The van der Waals surface area contributed by atoms with Crippen LogP contribution in [0, 0.1) is 0 Å².